The summed E-state index contributed by atoms with van der Waals surface area (Å²) >= 11 is 0. The van der Waals surface area contributed by atoms with E-state index < -0.39 is 6.10 Å². The summed E-state index contributed by atoms with van der Waals surface area (Å²) in [4.78, 5) is 26.5. The lowest BCUT2D eigenvalue weighted by Gasteiger charge is -2.37. The number of benzene rings is 1. The molecule has 0 unspecified atom stereocenters. The molecule has 2 fully saturated rings. The second-order valence-electron chi connectivity index (χ2n) is 7.19. The molecule has 3 N–H and O–H groups in total. The van der Waals surface area contributed by atoms with Crippen LogP contribution < -0.4 is 15.4 Å². The van der Waals surface area contributed by atoms with Crippen molar-refractivity contribution in [2.24, 2.45) is 0 Å². The SMILES string of the molecule is COc1cccc(NC(=O)N[C@H]2CC[C@@H](CC(=O)N3CCOCC3)O[C@@H]2CO)c1. The highest BCUT2D eigenvalue weighted by Gasteiger charge is 2.33. The van der Waals surface area contributed by atoms with Crippen molar-refractivity contribution in [3.8, 4) is 5.75 Å². The third-order valence-electron chi connectivity index (χ3n) is 5.21. The molecule has 2 aliphatic heterocycles. The molecule has 0 spiro atoms. The Labute approximate surface area is 170 Å². The molecule has 3 amide bonds. The first-order valence-corrected chi connectivity index (χ1v) is 9.92. The zero-order valence-electron chi connectivity index (χ0n) is 16.6. The Hall–Kier alpha value is -2.36. The minimum atomic E-state index is -0.553. The van der Waals surface area contributed by atoms with Gasteiger partial charge >= 0.3 is 6.03 Å². The first-order chi connectivity index (χ1) is 14.1. The van der Waals surface area contributed by atoms with Crippen molar-refractivity contribution in [1.29, 1.82) is 0 Å². The third kappa shape index (κ3) is 6.06. The number of hydrogen-bond acceptors (Lipinski definition) is 6. The van der Waals surface area contributed by atoms with E-state index in [2.05, 4.69) is 10.6 Å². The maximum Gasteiger partial charge on any atom is 0.319 e. The lowest BCUT2D eigenvalue weighted by Crippen LogP contribution is -2.52. The van der Waals surface area contributed by atoms with Gasteiger partial charge in [0.1, 0.15) is 11.9 Å². The van der Waals surface area contributed by atoms with Crippen molar-refractivity contribution >= 4 is 17.6 Å². The number of carbonyl (C=O) groups is 2. The normalized spacial score (nSPS) is 24.6. The highest BCUT2D eigenvalue weighted by molar-refractivity contribution is 5.89. The average Bonchev–Trinajstić information content (AvgIpc) is 2.75. The minimum absolute atomic E-state index is 0.0390. The van der Waals surface area contributed by atoms with Gasteiger partial charge in [0.05, 0.1) is 45.5 Å². The molecule has 2 aliphatic rings. The molecule has 1 aromatic rings. The van der Waals surface area contributed by atoms with Crippen LogP contribution in [0.15, 0.2) is 24.3 Å². The van der Waals surface area contributed by atoms with Gasteiger partial charge in [-0.3, -0.25) is 4.79 Å². The summed E-state index contributed by atoms with van der Waals surface area (Å²) in [5, 5.41) is 15.3. The zero-order chi connectivity index (χ0) is 20.6. The quantitative estimate of drug-likeness (QED) is 0.649. The topological polar surface area (TPSA) is 109 Å². The first-order valence-electron chi connectivity index (χ1n) is 9.92. The molecule has 0 bridgehead atoms. The number of morpholine rings is 1. The van der Waals surface area contributed by atoms with Gasteiger partial charge in [0.2, 0.25) is 5.91 Å². The molecule has 0 radical (unpaired) electrons. The Morgan fingerprint density at radius 2 is 2.07 bits per heavy atom. The number of amides is 3. The van der Waals surface area contributed by atoms with E-state index in [1.54, 1.807) is 36.3 Å². The van der Waals surface area contributed by atoms with Crippen LogP contribution in [0.3, 0.4) is 0 Å². The molecule has 9 nitrogen and oxygen atoms in total. The van der Waals surface area contributed by atoms with Crippen molar-refractivity contribution in [2.45, 2.75) is 37.5 Å². The standard InChI is InChI=1S/C20H29N3O6/c1-27-15-4-2-3-14(11-15)21-20(26)22-17-6-5-16(29-18(17)13-24)12-19(25)23-7-9-28-10-8-23/h2-4,11,16-18,24H,5-10,12-13H2,1H3,(H2,21,22,26)/t16-,17-,18+/m0/s1. The molecule has 9 heteroatoms. The largest absolute Gasteiger partial charge is 0.497 e. The number of rotatable bonds is 6. The smallest absolute Gasteiger partial charge is 0.319 e. The molecule has 1 aromatic carbocycles. The summed E-state index contributed by atoms with van der Waals surface area (Å²) in [7, 11) is 1.56. The van der Waals surface area contributed by atoms with Crippen molar-refractivity contribution in [2.75, 3.05) is 45.3 Å². The molecule has 3 atom stereocenters. The van der Waals surface area contributed by atoms with Crippen LogP contribution in [0, 0.1) is 0 Å². The number of anilines is 1. The van der Waals surface area contributed by atoms with Gasteiger partial charge in [0, 0.05) is 24.8 Å². The minimum Gasteiger partial charge on any atom is -0.497 e. The van der Waals surface area contributed by atoms with Gasteiger partial charge in [-0.25, -0.2) is 4.79 Å². The lowest BCUT2D eigenvalue weighted by atomic mass is 9.97. The van der Waals surface area contributed by atoms with Crippen LogP contribution in [0.1, 0.15) is 19.3 Å². The summed E-state index contributed by atoms with van der Waals surface area (Å²) in [6.07, 6.45) is 0.720. The van der Waals surface area contributed by atoms with E-state index in [0.29, 0.717) is 50.6 Å². The van der Waals surface area contributed by atoms with Gasteiger partial charge in [-0.05, 0) is 25.0 Å². The summed E-state index contributed by atoms with van der Waals surface area (Å²) in [5.74, 6) is 0.682. The maximum atomic E-state index is 12.4. The fourth-order valence-corrected chi connectivity index (χ4v) is 3.62. The van der Waals surface area contributed by atoms with Crippen LogP contribution in [-0.2, 0) is 14.3 Å². The molecular weight excluding hydrogens is 378 g/mol. The van der Waals surface area contributed by atoms with Crippen LogP contribution in [0.2, 0.25) is 0 Å². The van der Waals surface area contributed by atoms with Crippen LogP contribution in [0.4, 0.5) is 10.5 Å². The second kappa shape index (κ2) is 10.4. The fourth-order valence-electron chi connectivity index (χ4n) is 3.62. The maximum absolute atomic E-state index is 12.4. The molecular formula is C20H29N3O6. The van der Waals surface area contributed by atoms with E-state index in [4.69, 9.17) is 14.2 Å². The van der Waals surface area contributed by atoms with Crippen LogP contribution >= 0.6 is 0 Å². The van der Waals surface area contributed by atoms with E-state index in [1.165, 1.54) is 0 Å². The van der Waals surface area contributed by atoms with Gasteiger partial charge in [0.15, 0.2) is 0 Å². The van der Waals surface area contributed by atoms with Crippen molar-refractivity contribution in [1.82, 2.24) is 10.2 Å². The molecule has 2 heterocycles. The Balaban J connectivity index is 1.48. The second-order valence-corrected chi connectivity index (χ2v) is 7.19. The van der Waals surface area contributed by atoms with Crippen LogP contribution in [0.5, 0.6) is 5.75 Å². The lowest BCUT2D eigenvalue weighted by molar-refractivity contribution is -0.143. The molecule has 29 heavy (non-hydrogen) atoms. The predicted octanol–water partition coefficient (Wildman–Crippen LogP) is 0.974. The Kier molecular flexibility index (Phi) is 7.68. The number of carbonyl (C=O) groups excluding carboxylic acids is 2. The number of nitrogens with zero attached hydrogens (tertiary/aromatic N) is 1. The fraction of sp³-hybridized carbons (Fsp3) is 0.600. The molecule has 2 saturated heterocycles. The van der Waals surface area contributed by atoms with Gasteiger partial charge in [-0.15, -0.1) is 0 Å². The Bertz CT molecular complexity index is 695. The van der Waals surface area contributed by atoms with Crippen molar-refractivity contribution < 1.29 is 28.9 Å². The molecule has 0 aliphatic carbocycles. The van der Waals surface area contributed by atoms with E-state index >= 15 is 0 Å². The number of aliphatic hydroxyl groups is 1. The number of nitrogens with one attached hydrogen (secondary N) is 2. The number of aliphatic hydroxyl groups excluding tert-OH is 1. The molecule has 0 aromatic heterocycles. The van der Waals surface area contributed by atoms with Crippen molar-refractivity contribution in [3.63, 3.8) is 0 Å². The third-order valence-corrected chi connectivity index (χ3v) is 5.21. The molecule has 160 valence electrons. The summed E-state index contributed by atoms with van der Waals surface area (Å²) in [6.45, 7) is 2.09. The van der Waals surface area contributed by atoms with Crippen molar-refractivity contribution in [3.05, 3.63) is 24.3 Å². The van der Waals surface area contributed by atoms with Gasteiger partial charge in [-0.2, -0.15) is 0 Å². The molecule has 0 saturated carbocycles. The monoisotopic (exact) mass is 407 g/mol. The average molecular weight is 407 g/mol. The predicted molar refractivity (Wildman–Crippen MR) is 106 cm³/mol. The molecule has 3 rings (SSSR count). The van der Waals surface area contributed by atoms with Gasteiger partial charge < -0.3 is 34.9 Å². The van der Waals surface area contributed by atoms with E-state index in [-0.39, 0.29) is 37.1 Å². The van der Waals surface area contributed by atoms with E-state index in [9.17, 15) is 14.7 Å². The van der Waals surface area contributed by atoms with E-state index in [0.717, 1.165) is 0 Å². The number of ether oxygens (including phenoxy) is 3. The summed E-state index contributed by atoms with van der Waals surface area (Å²) in [5.41, 5.74) is 0.605. The Morgan fingerprint density at radius 3 is 2.79 bits per heavy atom. The van der Waals surface area contributed by atoms with Crippen LogP contribution in [-0.4, -0.2) is 80.2 Å². The van der Waals surface area contributed by atoms with Gasteiger partial charge in [-0.1, -0.05) is 6.07 Å². The summed E-state index contributed by atoms with van der Waals surface area (Å²) < 4.78 is 16.3. The Morgan fingerprint density at radius 1 is 1.28 bits per heavy atom. The highest BCUT2D eigenvalue weighted by atomic mass is 16.5. The highest BCUT2D eigenvalue weighted by Crippen LogP contribution is 2.23. The number of hydrogen-bond donors (Lipinski definition) is 3. The zero-order valence-corrected chi connectivity index (χ0v) is 16.6. The number of methoxy groups -OCH3 is 1. The van der Waals surface area contributed by atoms with E-state index in [1.807, 2.05) is 0 Å². The summed E-state index contributed by atoms with van der Waals surface area (Å²) in [6, 6.07) is 6.33. The van der Waals surface area contributed by atoms with Crippen LogP contribution in [0.25, 0.3) is 0 Å². The number of urea groups is 1. The first kappa shape index (κ1) is 21.4. The van der Waals surface area contributed by atoms with Gasteiger partial charge in [0.25, 0.3) is 0 Å².